The van der Waals surface area contributed by atoms with E-state index < -0.39 is 0 Å². The Morgan fingerprint density at radius 3 is 2.56 bits per heavy atom. The Balaban J connectivity index is 1.60. The summed E-state index contributed by atoms with van der Waals surface area (Å²) in [6.07, 6.45) is 2.99. The van der Waals surface area contributed by atoms with Crippen LogP contribution in [0.15, 0.2) is 48.7 Å². The van der Waals surface area contributed by atoms with Crippen LogP contribution in [0.3, 0.4) is 0 Å². The third-order valence-electron chi connectivity index (χ3n) is 5.53. The van der Waals surface area contributed by atoms with Crippen molar-refractivity contribution in [2.24, 2.45) is 5.92 Å². The van der Waals surface area contributed by atoms with E-state index in [1.165, 1.54) is 6.42 Å². The van der Waals surface area contributed by atoms with Crippen LogP contribution in [-0.4, -0.2) is 53.4 Å². The number of benzene rings is 2. The van der Waals surface area contributed by atoms with Crippen LogP contribution in [0.2, 0.25) is 0 Å². The minimum Gasteiger partial charge on any atom is -0.336 e. The number of piperazine rings is 1. The lowest BCUT2D eigenvalue weighted by Gasteiger charge is -2.35. The van der Waals surface area contributed by atoms with Crippen LogP contribution >= 0.6 is 0 Å². The maximum atomic E-state index is 13.3. The summed E-state index contributed by atoms with van der Waals surface area (Å²) in [6, 6.07) is 14.2. The number of hydrogen-bond acceptors (Lipinski definition) is 3. The molecule has 2 heterocycles. The molecule has 1 aliphatic rings. The fraction of sp³-hybridized carbons (Fsp3) is 0.391. The Morgan fingerprint density at radius 2 is 1.78 bits per heavy atom. The van der Waals surface area contributed by atoms with Gasteiger partial charge in [0.2, 0.25) is 0 Å². The number of aromatic nitrogens is 1. The molecule has 1 fully saturated rings. The summed E-state index contributed by atoms with van der Waals surface area (Å²) in [6.45, 7) is 9.14. The molecule has 0 saturated carbocycles. The van der Waals surface area contributed by atoms with E-state index in [2.05, 4.69) is 41.9 Å². The van der Waals surface area contributed by atoms with Crippen LogP contribution in [0.1, 0.15) is 30.6 Å². The molecular formula is C23H27N3O. The van der Waals surface area contributed by atoms with E-state index in [1.807, 2.05) is 29.2 Å². The standard InChI is InChI=1S/C23H27N3O/c1-17(2)9-11-25-12-14-26(15-13-25)23(27)21-16-18-6-3-4-7-19(18)20-8-5-10-24-22(20)21/h3-8,10,16-17H,9,11-15H2,1-2H3. The smallest absolute Gasteiger partial charge is 0.256 e. The van der Waals surface area contributed by atoms with Crippen molar-refractivity contribution >= 4 is 27.6 Å². The fourth-order valence-corrected chi connectivity index (χ4v) is 3.88. The maximum Gasteiger partial charge on any atom is 0.256 e. The Hall–Kier alpha value is -2.46. The Morgan fingerprint density at radius 1 is 1.04 bits per heavy atom. The van der Waals surface area contributed by atoms with Crippen molar-refractivity contribution in [1.29, 1.82) is 0 Å². The molecule has 0 N–H and O–H groups in total. The van der Waals surface area contributed by atoms with Crippen molar-refractivity contribution in [3.8, 4) is 0 Å². The van der Waals surface area contributed by atoms with Crippen molar-refractivity contribution < 1.29 is 4.79 Å². The van der Waals surface area contributed by atoms with Gasteiger partial charge >= 0.3 is 0 Å². The minimum absolute atomic E-state index is 0.105. The van der Waals surface area contributed by atoms with E-state index in [0.29, 0.717) is 0 Å². The number of carbonyl (C=O) groups excluding carboxylic acids is 1. The topological polar surface area (TPSA) is 36.4 Å². The average Bonchev–Trinajstić information content (AvgIpc) is 2.71. The summed E-state index contributed by atoms with van der Waals surface area (Å²) in [4.78, 5) is 22.3. The second-order valence-corrected chi connectivity index (χ2v) is 7.86. The molecule has 4 heteroatoms. The summed E-state index contributed by atoms with van der Waals surface area (Å²) in [5.41, 5.74) is 1.53. The first-order chi connectivity index (χ1) is 13.1. The lowest BCUT2D eigenvalue weighted by atomic mass is 10.00. The predicted octanol–water partition coefficient (Wildman–Crippen LogP) is 4.19. The number of rotatable bonds is 4. The van der Waals surface area contributed by atoms with Crippen LogP contribution in [0, 0.1) is 5.92 Å². The third kappa shape index (κ3) is 3.67. The molecule has 1 aliphatic heterocycles. The van der Waals surface area contributed by atoms with E-state index in [-0.39, 0.29) is 5.91 Å². The molecular weight excluding hydrogens is 334 g/mol. The quantitative estimate of drug-likeness (QED) is 0.654. The summed E-state index contributed by atoms with van der Waals surface area (Å²) in [5, 5.41) is 3.29. The highest BCUT2D eigenvalue weighted by molar-refractivity contribution is 6.15. The SMILES string of the molecule is CC(C)CCN1CCN(C(=O)c2cc3ccccc3c3cccnc23)CC1. The fourth-order valence-electron chi connectivity index (χ4n) is 3.88. The molecule has 0 radical (unpaired) electrons. The minimum atomic E-state index is 0.105. The zero-order valence-electron chi connectivity index (χ0n) is 16.2. The van der Waals surface area contributed by atoms with Crippen molar-refractivity contribution in [2.75, 3.05) is 32.7 Å². The van der Waals surface area contributed by atoms with Crippen molar-refractivity contribution in [3.63, 3.8) is 0 Å². The molecule has 4 rings (SSSR count). The molecule has 4 nitrogen and oxygen atoms in total. The van der Waals surface area contributed by atoms with Gasteiger partial charge in [-0.1, -0.05) is 44.2 Å². The molecule has 140 valence electrons. The van der Waals surface area contributed by atoms with E-state index in [0.717, 1.165) is 65.9 Å². The summed E-state index contributed by atoms with van der Waals surface area (Å²) >= 11 is 0. The highest BCUT2D eigenvalue weighted by Gasteiger charge is 2.24. The largest absolute Gasteiger partial charge is 0.336 e. The van der Waals surface area contributed by atoms with Gasteiger partial charge in [-0.25, -0.2) is 0 Å². The summed E-state index contributed by atoms with van der Waals surface area (Å²) in [7, 11) is 0. The van der Waals surface area contributed by atoms with Crippen molar-refractivity contribution in [3.05, 3.63) is 54.2 Å². The molecule has 0 aliphatic carbocycles. The van der Waals surface area contributed by atoms with E-state index in [4.69, 9.17) is 0 Å². The number of hydrogen-bond donors (Lipinski definition) is 0. The molecule has 3 aromatic rings. The second-order valence-electron chi connectivity index (χ2n) is 7.86. The van der Waals surface area contributed by atoms with Crippen LogP contribution < -0.4 is 0 Å². The lowest BCUT2D eigenvalue weighted by Crippen LogP contribution is -2.49. The van der Waals surface area contributed by atoms with Gasteiger partial charge in [-0.3, -0.25) is 14.7 Å². The number of nitrogens with zero attached hydrogens (tertiary/aromatic N) is 3. The van der Waals surface area contributed by atoms with Gasteiger partial charge in [-0.05, 0) is 41.8 Å². The van der Waals surface area contributed by atoms with Gasteiger partial charge in [0.05, 0.1) is 11.1 Å². The second kappa shape index (κ2) is 7.65. The van der Waals surface area contributed by atoms with Crippen LogP contribution in [-0.2, 0) is 0 Å². The van der Waals surface area contributed by atoms with Gasteiger partial charge in [0, 0.05) is 37.8 Å². The molecule has 0 spiro atoms. The number of fused-ring (bicyclic) bond motifs is 3. The molecule has 0 unspecified atom stereocenters. The van der Waals surface area contributed by atoms with Crippen molar-refractivity contribution in [2.45, 2.75) is 20.3 Å². The van der Waals surface area contributed by atoms with E-state index in [1.54, 1.807) is 6.20 Å². The summed E-state index contributed by atoms with van der Waals surface area (Å²) in [5.74, 6) is 0.827. The van der Waals surface area contributed by atoms with Gasteiger partial charge in [0.1, 0.15) is 0 Å². The first kappa shape index (κ1) is 17.9. The van der Waals surface area contributed by atoms with E-state index >= 15 is 0 Å². The zero-order valence-corrected chi connectivity index (χ0v) is 16.2. The maximum absolute atomic E-state index is 13.3. The number of carbonyl (C=O) groups is 1. The van der Waals surface area contributed by atoms with Crippen molar-refractivity contribution in [1.82, 2.24) is 14.8 Å². The van der Waals surface area contributed by atoms with Gasteiger partial charge in [0.15, 0.2) is 0 Å². The number of amides is 1. The summed E-state index contributed by atoms with van der Waals surface area (Å²) < 4.78 is 0. The number of pyridine rings is 1. The highest BCUT2D eigenvalue weighted by Crippen LogP contribution is 2.28. The molecule has 27 heavy (non-hydrogen) atoms. The van der Waals surface area contributed by atoms with Crippen LogP contribution in [0.5, 0.6) is 0 Å². The van der Waals surface area contributed by atoms with Crippen LogP contribution in [0.4, 0.5) is 0 Å². The molecule has 2 aromatic carbocycles. The molecule has 1 saturated heterocycles. The predicted molar refractivity (Wildman–Crippen MR) is 111 cm³/mol. The molecule has 0 atom stereocenters. The van der Waals surface area contributed by atoms with Gasteiger partial charge in [-0.15, -0.1) is 0 Å². The Kier molecular flexibility index (Phi) is 5.08. The monoisotopic (exact) mass is 361 g/mol. The lowest BCUT2D eigenvalue weighted by molar-refractivity contribution is 0.0633. The average molecular weight is 361 g/mol. The highest BCUT2D eigenvalue weighted by atomic mass is 16.2. The normalized spacial score (nSPS) is 15.7. The first-order valence-electron chi connectivity index (χ1n) is 9.91. The van der Waals surface area contributed by atoms with Crippen LogP contribution in [0.25, 0.3) is 21.7 Å². The molecule has 1 aromatic heterocycles. The van der Waals surface area contributed by atoms with Gasteiger partial charge < -0.3 is 4.90 Å². The third-order valence-corrected chi connectivity index (χ3v) is 5.53. The first-order valence-corrected chi connectivity index (χ1v) is 9.91. The Labute approximate surface area is 160 Å². The van der Waals surface area contributed by atoms with Gasteiger partial charge in [0.25, 0.3) is 5.91 Å². The van der Waals surface area contributed by atoms with Gasteiger partial charge in [-0.2, -0.15) is 0 Å². The molecule has 0 bridgehead atoms. The zero-order chi connectivity index (χ0) is 18.8. The Bertz CT molecular complexity index is 958. The van der Waals surface area contributed by atoms with E-state index in [9.17, 15) is 4.79 Å². The molecule has 1 amide bonds.